The molecule has 1 atom stereocenters. The Bertz CT molecular complexity index is 1040. The van der Waals surface area contributed by atoms with Gasteiger partial charge in [-0.25, -0.2) is 0 Å². The molecule has 4 nitrogen and oxygen atoms in total. The smallest absolute Gasteiger partial charge is 0.252 e. The summed E-state index contributed by atoms with van der Waals surface area (Å²) in [5.41, 5.74) is 4.89. The number of carbonyl (C=O) groups is 1. The third kappa shape index (κ3) is 2.95. The highest BCUT2D eigenvalue weighted by Crippen LogP contribution is 2.40. The number of nitrogens with zero attached hydrogens (tertiary/aromatic N) is 1. The van der Waals surface area contributed by atoms with Gasteiger partial charge in [0.05, 0.1) is 23.7 Å². The number of aryl methyl sites for hydroxylation is 1. The normalized spacial score (nSPS) is 18.6. The van der Waals surface area contributed by atoms with E-state index >= 15 is 0 Å². The maximum absolute atomic E-state index is 13.3. The van der Waals surface area contributed by atoms with Crippen molar-refractivity contribution < 1.29 is 9.53 Å². The van der Waals surface area contributed by atoms with Gasteiger partial charge in [-0.15, -0.1) is 0 Å². The molecule has 0 radical (unpaired) electrons. The van der Waals surface area contributed by atoms with Crippen molar-refractivity contribution in [3.8, 4) is 5.75 Å². The lowest BCUT2D eigenvalue weighted by molar-refractivity contribution is 0.0926. The monoisotopic (exact) mass is 358 g/mol. The van der Waals surface area contributed by atoms with Gasteiger partial charge in [0.1, 0.15) is 5.75 Å². The average molecular weight is 358 g/mol. The summed E-state index contributed by atoms with van der Waals surface area (Å²) in [7, 11) is 0. The number of hydrogen-bond acceptors (Lipinski definition) is 3. The molecule has 2 aromatic carbocycles. The van der Waals surface area contributed by atoms with E-state index in [-0.39, 0.29) is 11.9 Å². The molecule has 2 heterocycles. The van der Waals surface area contributed by atoms with Crippen LogP contribution in [0.25, 0.3) is 10.9 Å². The number of nitrogens with one attached hydrogen (secondary N) is 1. The van der Waals surface area contributed by atoms with Crippen LogP contribution >= 0.6 is 0 Å². The van der Waals surface area contributed by atoms with E-state index in [2.05, 4.69) is 18.3 Å². The minimum absolute atomic E-state index is 0.0279. The van der Waals surface area contributed by atoms with Gasteiger partial charge in [0, 0.05) is 29.0 Å². The number of fused-ring (bicyclic) bond motifs is 2. The lowest BCUT2D eigenvalue weighted by Gasteiger charge is -2.27. The molecular formula is C23H22N2O2. The Morgan fingerprint density at radius 2 is 1.96 bits per heavy atom. The van der Waals surface area contributed by atoms with Crippen LogP contribution in [0.2, 0.25) is 0 Å². The SMILES string of the molecule is Cc1cccc2c(C(=O)N[C@H]3CCOc4ccccc43)cc(C3CC3)nc12. The molecule has 1 aromatic heterocycles. The zero-order chi connectivity index (χ0) is 18.4. The van der Waals surface area contributed by atoms with E-state index in [0.717, 1.165) is 45.5 Å². The first-order chi connectivity index (χ1) is 13.2. The van der Waals surface area contributed by atoms with Gasteiger partial charge in [0.2, 0.25) is 0 Å². The standard InChI is InChI=1S/C23H22N2O2/c1-14-5-4-7-16-18(13-20(15-9-10-15)24-22(14)16)23(26)25-19-11-12-27-21-8-3-2-6-17(19)21/h2-8,13,15,19H,9-12H2,1H3,(H,25,26)/t19-/m0/s1. The zero-order valence-corrected chi connectivity index (χ0v) is 15.4. The largest absolute Gasteiger partial charge is 0.493 e. The Labute approximate surface area is 158 Å². The first kappa shape index (κ1) is 16.3. The van der Waals surface area contributed by atoms with Crippen molar-refractivity contribution in [3.63, 3.8) is 0 Å². The second-order valence-electron chi connectivity index (χ2n) is 7.54. The van der Waals surface area contributed by atoms with Crippen molar-refractivity contribution in [1.82, 2.24) is 10.3 Å². The third-order valence-corrected chi connectivity index (χ3v) is 5.57. The van der Waals surface area contributed by atoms with Crippen LogP contribution in [0.4, 0.5) is 0 Å². The average Bonchev–Trinajstić information content (AvgIpc) is 3.53. The molecule has 0 saturated heterocycles. The molecule has 1 N–H and O–H groups in total. The van der Waals surface area contributed by atoms with Crippen molar-refractivity contribution in [1.29, 1.82) is 0 Å². The van der Waals surface area contributed by atoms with Crippen LogP contribution in [0.15, 0.2) is 48.5 Å². The quantitative estimate of drug-likeness (QED) is 0.740. The van der Waals surface area contributed by atoms with Gasteiger partial charge >= 0.3 is 0 Å². The zero-order valence-electron chi connectivity index (χ0n) is 15.4. The number of ether oxygens (including phenoxy) is 1. The van der Waals surface area contributed by atoms with Gasteiger partial charge in [-0.3, -0.25) is 9.78 Å². The van der Waals surface area contributed by atoms with E-state index in [9.17, 15) is 4.79 Å². The summed E-state index contributed by atoms with van der Waals surface area (Å²) in [6, 6.07) is 16.0. The maximum Gasteiger partial charge on any atom is 0.252 e. The van der Waals surface area contributed by atoms with Gasteiger partial charge in [-0.2, -0.15) is 0 Å². The topological polar surface area (TPSA) is 51.2 Å². The molecule has 1 amide bonds. The highest BCUT2D eigenvalue weighted by atomic mass is 16.5. The van der Waals surface area contributed by atoms with Crippen LogP contribution in [-0.2, 0) is 0 Å². The summed E-state index contributed by atoms with van der Waals surface area (Å²) in [5, 5.41) is 4.17. The molecule has 0 spiro atoms. The van der Waals surface area contributed by atoms with Crippen molar-refractivity contribution >= 4 is 16.8 Å². The summed E-state index contributed by atoms with van der Waals surface area (Å²) < 4.78 is 5.72. The molecule has 1 aliphatic carbocycles. The highest BCUT2D eigenvalue weighted by Gasteiger charge is 2.28. The van der Waals surface area contributed by atoms with Crippen LogP contribution in [0, 0.1) is 6.92 Å². The Balaban J connectivity index is 1.54. The van der Waals surface area contributed by atoms with Gasteiger partial charge < -0.3 is 10.1 Å². The molecule has 1 aliphatic heterocycles. The third-order valence-electron chi connectivity index (χ3n) is 5.57. The summed E-state index contributed by atoms with van der Waals surface area (Å²) in [4.78, 5) is 18.1. The Hall–Kier alpha value is -2.88. The number of rotatable bonds is 3. The molecule has 1 saturated carbocycles. The molecule has 5 rings (SSSR count). The number of carbonyl (C=O) groups excluding carboxylic acids is 1. The van der Waals surface area contributed by atoms with Crippen LogP contribution < -0.4 is 10.1 Å². The fourth-order valence-corrected chi connectivity index (χ4v) is 3.92. The van der Waals surface area contributed by atoms with E-state index in [1.807, 2.05) is 42.5 Å². The van der Waals surface area contributed by atoms with Gasteiger partial charge in [-0.05, 0) is 37.5 Å². The van der Waals surface area contributed by atoms with Crippen molar-refractivity contribution in [3.05, 3.63) is 70.9 Å². The van der Waals surface area contributed by atoms with Crippen molar-refractivity contribution in [2.45, 2.75) is 38.1 Å². The van der Waals surface area contributed by atoms with E-state index in [4.69, 9.17) is 9.72 Å². The lowest BCUT2D eigenvalue weighted by atomic mass is 9.98. The Morgan fingerprint density at radius 1 is 1.11 bits per heavy atom. The Morgan fingerprint density at radius 3 is 2.81 bits per heavy atom. The van der Waals surface area contributed by atoms with Gasteiger partial charge in [0.15, 0.2) is 0 Å². The van der Waals surface area contributed by atoms with Crippen LogP contribution in [0.5, 0.6) is 5.75 Å². The molecule has 4 heteroatoms. The van der Waals surface area contributed by atoms with E-state index < -0.39 is 0 Å². The molecule has 3 aromatic rings. The number of aromatic nitrogens is 1. The maximum atomic E-state index is 13.3. The van der Waals surface area contributed by atoms with Gasteiger partial charge in [-0.1, -0.05) is 36.4 Å². The van der Waals surface area contributed by atoms with E-state index in [1.165, 1.54) is 12.8 Å². The van der Waals surface area contributed by atoms with Crippen molar-refractivity contribution in [2.24, 2.45) is 0 Å². The van der Waals surface area contributed by atoms with Crippen LogP contribution in [0.1, 0.15) is 58.4 Å². The van der Waals surface area contributed by atoms with E-state index in [1.54, 1.807) is 0 Å². The van der Waals surface area contributed by atoms with Crippen LogP contribution in [0.3, 0.4) is 0 Å². The molecule has 0 unspecified atom stereocenters. The fourth-order valence-electron chi connectivity index (χ4n) is 3.92. The summed E-state index contributed by atoms with van der Waals surface area (Å²) in [5.74, 6) is 1.34. The number of para-hydroxylation sites is 2. The molecular weight excluding hydrogens is 336 g/mol. The molecule has 136 valence electrons. The molecule has 0 bridgehead atoms. The summed E-state index contributed by atoms with van der Waals surface area (Å²) in [6.45, 7) is 2.67. The second-order valence-corrected chi connectivity index (χ2v) is 7.54. The predicted molar refractivity (Wildman–Crippen MR) is 105 cm³/mol. The molecule has 2 aliphatic rings. The minimum atomic E-state index is -0.0309. The predicted octanol–water partition coefficient (Wildman–Crippen LogP) is 4.67. The Kier molecular flexibility index (Phi) is 3.85. The van der Waals surface area contributed by atoms with Crippen LogP contribution in [-0.4, -0.2) is 17.5 Å². The number of benzene rings is 2. The second kappa shape index (κ2) is 6.38. The number of hydrogen-bond donors (Lipinski definition) is 1. The van der Waals surface area contributed by atoms with Crippen molar-refractivity contribution in [2.75, 3.05) is 6.61 Å². The molecule has 1 fully saturated rings. The summed E-state index contributed by atoms with van der Waals surface area (Å²) in [6.07, 6.45) is 3.11. The van der Waals surface area contributed by atoms with Gasteiger partial charge in [0.25, 0.3) is 5.91 Å². The first-order valence-electron chi connectivity index (χ1n) is 9.63. The molecule has 27 heavy (non-hydrogen) atoms. The lowest BCUT2D eigenvalue weighted by Crippen LogP contribution is -2.32. The first-order valence-corrected chi connectivity index (χ1v) is 9.63. The highest BCUT2D eigenvalue weighted by molar-refractivity contribution is 6.07. The fraction of sp³-hybridized carbons (Fsp3) is 0.304. The number of amides is 1. The summed E-state index contributed by atoms with van der Waals surface area (Å²) >= 11 is 0. The minimum Gasteiger partial charge on any atom is -0.493 e. The van der Waals surface area contributed by atoms with E-state index in [0.29, 0.717) is 12.5 Å². The number of pyridine rings is 1.